The molecule has 0 atom stereocenters. The van der Waals surface area contributed by atoms with E-state index in [1.165, 1.54) is 17.2 Å². The molecule has 0 saturated carbocycles. The molecule has 0 saturated heterocycles. The van der Waals surface area contributed by atoms with Crippen LogP contribution in [-0.4, -0.2) is 10.9 Å². The predicted molar refractivity (Wildman–Crippen MR) is 71.6 cm³/mol. The molecule has 2 rings (SSSR count). The lowest BCUT2D eigenvalue weighted by molar-refractivity contribution is 0.112. The third-order valence-electron chi connectivity index (χ3n) is 3.17. The summed E-state index contributed by atoms with van der Waals surface area (Å²) >= 11 is 0. The maximum absolute atomic E-state index is 11.5. The van der Waals surface area contributed by atoms with Crippen molar-refractivity contribution in [3.8, 4) is 5.69 Å². The van der Waals surface area contributed by atoms with Crippen LogP contribution in [0.1, 0.15) is 27.2 Å². The molecule has 0 N–H and O–H groups in total. The molecular formula is C15H15NO2. The highest BCUT2D eigenvalue weighted by Gasteiger charge is 2.05. The van der Waals surface area contributed by atoms with Gasteiger partial charge in [-0.05, 0) is 44.0 Å². The fourth-order valence-electron chi connectivity index (χ4n) is 1.89. The molecule has 0 aliphatic rings. The Kier molecular flexibility index (Phi) is 3.15. The highest BCUT2D eigenvalue weighted by Crippen LogP contribution is 2.15. The van der Waals surface area contributed by atoms with E-state index in [4.69, 9.17) is 0 Å². The number of aryl methyl sites for hydroxylation is 3. The van der Waals surface area contributed by atoms with Gasteiger partial charge in [-0.2, -0.15) is 0 Å². The summed E-state index contributed by atoms with van der Waals surface area (Å²) in [5.74, 6) is 0. The van der Waals surface area contributed by atoms with Crippen molar-refractivity contribution < 1.29 is 4.79 Å². The van der Waals surface area contributed by atoms with Gasteiger partial charge in [0.15, 0.2) is 11.7 Å². The van der Waals surface area contributed by atoms with Gasteiger partial charge in [-0.3, -0.25) is 9.59 Å². The minimum Gasteiger partial charge on any atom is -0.320 e. The van der Waals surface area contributed by atoms with Crippen molar-refractivity contribution in [3.63, 3.8) is 0 Å². The molecule has 0 amide bonds. The molecule has 1 heterocycles. The fraction of sp³-hybridized carbons (Fsp3) is 0.200. The van der Waals surface area contributed by atoms with Gasteiger partial charge in [0.2, 0.25) is 0 Å². The molecule has 3 nitrogen and oxygen atoms in total. The van der Waals surface area contributed by atoms with Gasteiger partial charge < -0.3 is 4.57 Å². The summed E-state index contributed by atoms with van der Waals surface area (Å²) < 4.78 is 1.86. The maximum Gasteiger partial charge on any atom is 0.192 e. The highest BCUT2D eigenvalue weighted by atomic mass is 16.1. The average Bonchev–Trinajstić information content (AvgIpc) is 2.33. The predicted octanol–water partition coefficient (Wildman–Crippen LogP) is 2.58. The third kappa shape index (κ3) is 2.12. The first-order valence-corrected chi connectivity index (χ1v) is 5.79. The normalized spacial score (nSPS) is 10.4. The van der Waals surface area contributed by atoms with Crippen LogP contribution in [-0.2, 0) is 0 Å². The Labute approximate surface area is 106 Å². The van der Waals surface area contributed by atoms with Crippen LogP contribution in [0, 0.1) is 20.8 Å². The second-order valence-corrected chi connectivity index (χ2v) is 4.49. The van der Waals surface area contributed by atoms with Crippen molar-refractivity contribution in [2.24, 2.45) is 0 Å². The van der Waals surface area contributed by atoms with Crippen molar-refractivity contribution >= 4 is 6.29 Å². The number of rotatable bonds is 2. The van der Waals surface area contributed by atoms with E-state index in [-0.39, 0.29) is 11.0 Å². The first kappa shape index (κ1) is 12.3. The minimum absolute atomic E-state index is 0.179. The van der Waals surface area contributed by atoms with Gasteiger partial charge in [-0.15, -0.1) is 0 Å². The smallest absolute Gasteiger partial charge is 0.192 e. The summed E-state index contributed by atoms with van der Waals surface area (Å²) in [4.78, 5) is 22.4. The molecular weight excluding hydrogens is 226 g/mol. The molecule has 0 aliphatic carbocycles. The molecule has 0 spiro atoms. The molecule has 1 aromatic carbocycles. The van der Waals surface area contributed by atoms with E-state index in [2.05, 4.69) is 0 Å². The van der Waals surface area contributed by atoms with Gasteiger partial charge in [-0.1, -0.05) is 6.07 Å². The van der Waals surface area contributed by atoms with Crippen LogP contribution < -0.4 is 5.43 Å². The van der Waals surface area contributed by atoms with Crippen LogP contribution in [0.3, 0.4) is 0 Å². The van der Waals surface area contributed by atoms with Crippen molar-refractivity contribution in [3.05, 3.63) is 63.1 Å². The molecule has 0 fully saturated rings. The number of hydrogen-bond acceptors (Lipinski definition) is 2. The van der Waals surface area contributed by atoms with E-state index >= 15 is 0 Å². The van der Waals surface area contributed by atoms with Gasteiger partial charge in [0.1, 0.15) is 0 Å². The molecule has 0 bridgehead atoms. The maximum atomic E-state index is 11.5. The van der Waals surface area contributed by atoms with Gasteiger partial charge in [-0.25, -0.2) is 0 Å². The van der Waals surface area contributed by atoms with E-state index in [1.807, 2.05) is 43.5 Å². The van der Waals surface area contributed by atoms with Gasteiger partial charge in [0.25, 0.3) is 0 Å². The largest absolute Gasteiger partial charge is 0.320 e. The van der Waals surface area contributed by atoms with Gasteiger partial charge >= 0.3 is 0 Å². The standard InChI is InChI=1S/C15H15NO2/c1-10-4-5-14(6-11(10)2)16-8-13(9-17)15(18)7-12(16)3/h4-9H,1-3H3. The van der Waals surface area contributed by atoms with Crippen LogP contribution in [0.15, 0.2) is 35.3 Å². The number of pyridine rings is 1. The summed E-state index contributed by atoms with van der Waals surface area (Å²) in [7, 11) is 0. The molecule has 2 aromatic rings. The SMILES string of the molecule is Cc1ccc(-n2cc(C=O)c(=O)cc2C)cc1C. The van der Waals surface area contributed by atoms with E-state index in [9.17, 15) is 9.59 Å². The van der Waals surface area contributed by atoms with Crippen LogP contribution in [0.5, 0.6) is 0 Å². The zero-order valence-corrected chi connectivity index (χ0v) is 10.7. The minimum atomic E-state index is -0.234. The fourth-order valence-corrected chi connectivity index (χ4v) is 1.89. The topological polar surface area (TPSA) is 39.1 Å². The van der Waals surface area contributed by atoms with Crippen molar-refractivity contribution in [1.29, 1.82) is 0 Å². The number of hydrogen-bond donors (Lipinski definition) is 0. The van der Waals surface area contributed by atoms with Crippen LogP contribution in [0.4, 0.5) is 0 Å². The lowest BCUT2D eigenvalue weighted by Gasteiger charge is -2.12. The Bertz CT molecular complexity index is 669. The molecule has 92 valence electrons. The Hall–Kier alpha value is -2.16. The first-order chi connectivity index (χ1) is 8.52. The summed E-state index contributed by atoms with van der Waals surface area (Å²) in [5.41, 5.74) is 4.11. The number of carbonyl (C=O) groups is 1. The third-order valence-corrected chi connectivity index (χ3v) is 3.17. The van der Waals surface area contributed by atoms with Crippen molar-refractivity contribution in [1.82, 2.24) is 4.57 Å². The molecule has 0 unspecified atom stereocenters. The second kappa shape index (κ2) is 4.61. The number of aldehydes is 1. The van der Waals surface area contributed by atoms with E-state index in [0.29, 0.717) is 6.29 Å². The number of nitrogens with zero attached hydrogens (tertiary/aromatic N) is 1. The molecule has 1 aromatic heterocycles. The summed E-state index contributed by atoms with van der Waals surface area (Å²) in [6.45, 7) is 5.94. The quantitative estimate of drug-likeness (QED) is 0.758. The average molecular weight is 241 g/mol. The highest BCUT2D eigenvalue weighted by molar-refractivity contribution is 5.74. The lowest BCUT2D eigenvalue weighted by atomic mass is 10.1. The summed E-state index contributed by atoms with van der Waals surface area (Å²) in [5, 5.41) is 0. The second-order valence-electron chi connectivity index (χ2n) is 4.49. The number of carbonyl (C=O) groups excluding carboxylic acids is 1. The van der Waals surface area contributed by atoms with E-state index in [0.717, 1.165) is 11.4 Å². The van der Waals surface area contributed by atoms with Crippen LogP contribution in [0.2, 0.25) is 0 Å². The molecule has 0 aliphatic heterocycles. The Morgan fingerprint density at radius 1 is 1.06 bits per heavy atom. The zero-order valence-electron chi connectivity index (χ0n) is 10.7. The van der Waals surface area contributed by atoms with Crippen LogP contribution >= 0.6 is 0 Å². The number of benzene rings is 1. The number of aromatic nitrogens is 1. The first-order valence-electron chi connectivity index (χ1n) is 5.79. The molecule has 18 heavy (non-hydrogen) atoms. The Morgan fingerprint density at radius 2 is 1.78 bits per heavy atom. The van der Waals surface area contributed by atoms with Gasteiger partial charge in [0, 0.05) is 23.6 Å². The summed E-state index contributed by atoms with van der Waals surface area (Å²) in [6, 6.07) is 7.54. The lowest BCUT2D eigenvalue weighted by Crippen LogP contribution is -2.13. The zero-order chi connectivity index (χ0) is 13.3. The summed E-state index contributed by atoms with van der Waals surface area (Å²) in [6.07, 6.45) is 2.19. The molecule has 3 heteroatoms. The Balaban J connectivity index is 2.66. The molecule has 0 radical (unpaired) electrons. The monoisotopic (exact) mass is 241 g/mol. The Morgan fingerprint density at radius 3 is 2.39 bits per heavy atom. The van der Waals surface area contributed by atoms with Crippen LogP contribution in [0.25, 0.3) is 5.69 Å². The van der Waals surface area contributed by atoms with Crippen molar-refractivity contribution in [2.75, 3.05) is 0 Å². The van der Waals surface area contributed by atoms with E-state index in [1.54, 1.807) is 6.20 Å². The van der Waals surface area contributed by atoms with Crippen molar-refractivity contribution in [2.45, 2.75) is 20.8 Å². The van der Waals surface area contributed by atoms with Gasteiger partial charge in [0.05, 0.1) is 5.56 Å². The van der Waals surface area contributed by atoms with E-state index < -0.39 is 0 Å².